The normalized spacial score (nSPS) is 11.3. The molecule has 0 radical (unpaired) electrons. The predicted octanol–water partition coefficient (Wildman–Crippen LogP) is 6.60. The second-order valence-corrected chi connectivity index (χ2v) is 8.36. The second kappa shape index (κ2) is 7.93. The minimum absolute atomic E-state index is 0.262. The molecule has 0 spiro atoms. The second-order valence-electron chi connectivity index (χ2n) is 8.36. The van der Waals surface area contributed by atoms with Crippen molar-refractivity contribution in [2.24, 2.45) is 0 Å². The van der Waals surface area contributed by atoms with Gasteiger partial charge in [0.2, 0.25) is 0 Å². The highest BCUT2D eigenvalue weighted by molar-refractivity contribution is 5.92. The van der Waals surface area contributed by atoms with Gasteiger partial charge < -0.3 is 15.3 Å². The Hall–Kier alpha value is -3.98. The van der Waals surface area contributed by atoms with Crippen molar-refractivity contribution in [3.63, 3.8) is 0 Å². The predicted molar refractivity (Wildman–Crippen MR) is 130 cm³/mol. The molecule has 0 aliphatic heterocycles. The number of fused-ring (bicyclic) bond motifs is 2. The lowest BCUT2D eigenvalue weighted by molar-refractivity contribution is 0.463. The lowest BCUT2D eigenvalue weighted by Gasteiger charge is -2.15. The third kappa shape index (κ3) is 3.52. The number of benzene rings is 5. The standard InChI is InChI=1S/C29H24O3/c1-18-14-21(16-19-10-12-27(30)25-8-4-2-6-23(19)25)29(32)22(15-18)17-20-11-13-28(31)26-9-5-3-7-24(20)26/h2-15,30-32H,16-17H2,1H3. The van der Waals surface area contributed by atoms with Gasteiger partial charge in [0.1, 0.15) is 17.2 Å². The lowest BCUT2D eigenvalue weighted by atomic mass is 9.92. The number of rotatable bonds is 4. The van der Waals surface area contributed by atoms with Gasteiger partial charge in [0.15, 0.2) is 0 Å². The first-order chi connectivity index (χ1) is 15.5. The van der Waals surface area contributed by atoms with Gasteiger partial charge in [0, 0.05) is 23.6 Å². The number of aryl methyl sites for hydroxylation is 1. The molecule has 5 aromatic carbocycles. The Balaban J connectivity index is 1.56. The summed E-state index contributed by atoms with van der Waals surface area (Å²) in [6.45, 7) is 2.04. The summed E-state index contributed by atoms with van der Waals surface area (Å²) in [4.78, 5) is 0. The van der Waals surface area contributed by atoms with E-state index in [1.807, 2.05) is 79.7 Å². The molecule has 0 saturated heterocycles. The first-order valence-electron chi connectivity index (χ1n) is 10.7. The topological polar surface area (TPSA) is 60.7 Å². The van der Waals surface area contributed by atoms with Crippen LogP contribution in [0.25, 0.3) is 21.5 Å². The maximum Gasteiger partial charge on any atom is 0.123 e. The van der Waals surface area contributed by atoms with Crippen molar-refractivity contribution in [3.8, 4) is 17.2 Å². The third-order valence-corrected chi connectivity index (χ3v) is 6.16. The van der Waals surface area contributed by atoms with Crippen molar-refractivity contribution in [1.82, 2.24) is 0 Å². The average molecular weight is 421 g/mol. The Labute approximate surface area is 186 Å². The summed E-state index contributed by atoms with van der Waals surface area (Å²) < 4.78 is 0. The molecule has 0 saturated carbocycles. The van der Waals surface area contributed by atoms with Crippen LogP contribution in [0.1, 0.15) is 27.8 Å². The van der Waals surface area contributed by atoms with E-state index < -0.39 is 0 Å². The Kier molecular flexibility index (Phi) is 4.95. The largest absolute Gasteiger partial charge is 0.507 e. The number of phenolic OH excluding ortho intramolecular Hbond substituents is 3. The monoisotopic (exact) mass is 420 g/mol. The zero-order chi connectivity index (χ0) is 22.2. The molecule has 3 N–H and O–H groups in total. The number of hydrogen-bond acceptors (Lipinski definition) is 3. The zero-order valence-electron chi connectivity index (χ0n) is 17.8. The summed E-state index contributed by atoms with van der Waals surface area (Å²) >= 11 is 0. The van der Waals surface area contributed by atoms with E-state index in [-0.39, 0.29) is 11.5 Å². The van der Waals surface area contributed by atoms with Crippen molar-refractivity contribution in [2.45, 2.75) is 19.8 Å². The minimum atomic E-state index is 0.262. The SMILES string of the molecule is Cc1cc(Cc2ccc(O)c3ccccc23)c(O)c(Cc2ccc(O)c3ccccc23)c1. The van der Waals surface area contributed by atoms with Crippen molar-refractivity contribution in [2.75, 3.05) is 0 Å². The molecular formula is C29H24O3. The molecule has 0 fully saturated rings. The maximum absolute atomic E-state index is 11.2. The van der Waals surface area contributed by atoms with Crippen LogP contribution < -0.4 is 0 Å². The molecule has 3 heteroatoms. The number of aromatic hydroxyl groups is 3. The van der Waals surface area contributed by atoms with Crippen molar-refractivity contribution in [1.29, 1.82) is 0 Å². The molecule has 3 nitrogen and oxygen atoms in total. The average Bonchev–Trinajstić information content (AvgIpc) is 2.81. The van der Waals surface area contributed by atoms with Gasteiger partial charge in [-0.15, -0.1) is 0 Å². The summed E-state index contributed by atoms with van der Waals surface area (Å²) in [5, 5.41) is 35.2. The molecule has 0 amide bonds. The highest BCUT2D eigenvalue weighted by Gasteiger charge is 2.14. The summed E-state index contributed by atoms with van der Waals surface area (Å²) in [6, 6.07) is 26.9. The molecule has 0 unspecified atom stereocenters. The van der Waals surface area contributed by atoms with Gasteiger partial charge >= 0.3 is 0 Å². The minimum Gasteiger partial charge on any atom is -0.507 e. The summed E-state index contributed by atoms with van der Waals surface area (Å²) in [6.07, 6.45) is 1.13. The fraction of sp³-hybridized carbons (Fsp3) is 0.103. The van der Waals surface area contributed by atoms with E-state index in [0.717, 1.165) is 49.4 Å². The molecule has 0 aromatic heterocycles. The molecular weight excluding hydrogens is 396 g/mol. The van der Waals surface area contributed by atoms with E-state index >= 15 is 0 Å². The van der Waals surface area contributed by atoms with Crippen LogP contribution >= 0.6 is 0 Å². The van der Waals surface area contributed by atoms with E-state index in [9.17, 15) is 15.3 Å². The fourth-order valence-corrected chi connectivity index (χ4v) is 4.61. The fourth-order valence-electron chi connectivity index (χ4n) is 4.61. The Bertz CT molecular complexity index is 1360. The van der Waals surface area contributed by atoms with Crippen LogP contribution in [0.2, 0.25) is 0 Å². The molecule has 32 heavy (non-hydrogen) atoms. The Morgan fingerprint density at radius 1 is 0.500 bits per heavy atom. The highest BCUT2D eigenvalue weighted by Crippen LogP contribution is 2.35. The number of phenols is 3. The van der Waals surface area contributed by atoms with Gasteiger partial charge in [0.05, 0.1) is 0 Å². The van der Waals surface area contributed by atoms with Crippen LogP contribution in [0, 0.1) is 6.92 Å². The third-order valence-electron chi connectivity index (χ3n) is 6.16. The first kappa shape index (κ1) is 20.0. The van der Waals surface area contributed by atoms with Gasteiger partial charge in [0.25, 0.3) is 0 Å². The lowest BCUT2D eigenvalue weighted by Crippen LogP contribution is -1.97. The molecule has 0 heterocycles. The summed E-state index contributed by atoms with van der Waals surface area (Å²) in [5.74, 6) is 0.820. The van der Waals surface area contributed by atoms with Crippen LogP contribution in [0.3, 0.4) is 0 Å². The highest BCUT2D eigenvalue weighted by atomic mass is 16.3. The van der Waals surface area contributed by atoms with E-state index in [0.29, 0.717) is 18.6 Å². The van der Waals surface area contributed by atoms with Crippen LogP contribution in [0.5, 0.6) is 17.2 Å². The number of hydrogen-bond donors (Lipinski definition) is 3. The van der Waals surface area contributed by atoms with Crippen LogP contribution in [0.15, 0.2) is 84.9 Å². The van der Waals surface area contributed by atoms with Crippen molar-refractivity contribution >= 4 is 21.5 Å². The quantitative estimate of drug-likeness (QED) is 0.307. The summed E-state index contributed by atoms with van der Waals surface area (Å²) in [5.41, 5.74) is 4.91. The molecule has 0 aliphatic rings. The first-order valence-corrected chi connectivity index (χ1v) is 10.7. The molecule has 0 bridgehead atoms. The van der Waals surface area contributed by atoms with Crippen LogP contribution in [-0.4, -0.2) is 15.3 Å². The van der Waals surface area contributed by atoms with Crippen molar-refractivity contribution in [3.05, 3.63) is 113 Å². The van der Waals surface area contributed by atoms with Gasteiger partial charge in [-0.05, 0) is 52.1 Å². The maximum atomic E-state index is 11.2. The van der Waals surface area contributed by atoms with Gasteiger partial charge in [-0.2, -0.15) is 0 Å². The summed E-state index contributed by atoms with van der Waals surface area (Å²) in [7, 11) is 0. The van der Waals surface area contributed by atoms with E-state index in [2.05, 4.69) is 0 Å². The molecule has 0 aliphatic carbocycles. The van der Waals surface area contributed by atoms with E-state index in [1.54, 1.807) is 12.1 Å². The van der Waals surface area contributed by atoms with E-state index in [4.69, 9.17) is 0 Å². The van der Waals surface area contributed by atoms with Gasteiger partial charge in [-0.1, -0.05) is 78.4 Å². The Morgan fingerprint density at radius 3 is 1.34 bits per heavy atom. The van der Waals surface area contributed by atoms with Gasteiger partial charge in [-0.3, -0.25) is 0 Å². The van der Waals surface area contributed by atoms with Crippen molar-refractivity contribution < 1.29 is 15.3 Å². The van der Waals surface area contributed by atoms with Gasteiger partial charge in [-0.25, -0.2) is 0 Å². The smallest absolute Gasteiger partial charge is 0.123 e. The molecule has 5 rings (SSSR count). The van der Waals surface area contributed by atoms with Crippen LogP contribution in [0.4, 0.5) is 0 Å². The van der Waals surface area contributed by atoms with E-state index in [1.165, 1.54) is 0 Å². The Morgan fingerprint density at radius 2 is 0.906 bits per heavy atom. The molecule has 158 valence electrons. The molecule has 5 aromatic rings. The molecule has 0 atom stereocenters. The van der Waals surface area contributed by atoms with Crippen LogP contribution in [-0.2, 0) is 12.8 Å². The zero-order valence-corrected chi connectivity index (χ0v) is 17.8.